The van der Waals surface area contributed by atoms with E-state index in [1.165, 1.54) is 16.7 Å². The summed E-state index contributed by atoms with van der Waals surface area (Å²) in [4.78, 5) is 23.6. The molecule has 6 rings (SSSR count). The molecular formula is C34H40N4O5. The van der Waals surface area contributed by atoms with Crippen LogP contribution >= 0.6 is 0 Å². The van der Waals surface area contributed by atoms with Crippen molar-refractivity contribution in [2.45, 2.75) is 71.6 Å². The molecule has 2 heterocycles. The number of aryl methyl sites for hydroxylation is 3. The summed E-state index contributed by atoms with van der Waals surface area (Å²) in [5.74, 6) is -0.219. The highest BCUT2D eigenvalue weighted by molar-refractivity contribution is 5.81. The number of fused-ring (bicyclic) bond motifs is 3. The fourth-order valence-corrected chi connectivity index (χ4v) is 6.88. The molecule has 2 aliphatic rings. The molecule has 9 nitrogen and oxygen atoms in total. The van der Waals surface area contributed by atoms with E-state index in [1.807, 2.05) is 40.0 Å². The van der Waals surface area contributed by atoms with E-state index in [0.29, 0.717) is 0 Å². The maximum atomic E-state index is 12.7. The van der Waals surface area contributed by atoms with Crippen LogP contribution in [-0.2, 0) is 29.6 Å². The van der Waals surface area contributed by atoms with Crippen LogP contribution in [-0.4, -0.2) is 54.7 Å². The van der Waals surface area contributed by atoms with E-state index in [0.717, 1.165) is 59.4 Å². The lowest BCUT2D eigenvalue weighted by molar-refractivity contribution is -0.147. The van der Waals surface area contributed by atoms with E-state index in [9.17, 15) is 9.90 Å². The van der Waals surface area contributed by atoms with Gasteiger partial charge in [0.1, 0.15) is 16.9 Å². The minimum Gasteiger partial charge on any atom is -0.486 e. The number of hydrogen-bond donors (Lipinski definition) is 2. The smallest absolute Gasteiger partial charge is 0.310 e. The van der Waals surface area contributed by atoms with Gasteiger partial charge in [0.15, 0.2) is 0 Å². The maximum Gasteiger partial charge on any atom is 0.310 e. The van der Waals surface area contributed by atoms with Gasteiger partial charge in [0.25, 0.3) is 6.47 Å². The van der Waals surface area contributed by atoms with E-state index in [1.54, 1.807) is 4.68 Å². The molecule has 0 spiro atoms. The standard InChI is InChI=1S/C33H38N4O3.CH2O2/c1-20-24(14-16-27-30(20)34-35-36(27)6)29(33(4,5)31(38)39)22-12-11-21-13-15-26(25(21)17-22)37-18-23-9-7-8-10-28(23)40-32(2,3)19-37;2-1-3/h7-12,14,16-17,26,29H,13,15,18-19H2,1-6H3,(H,38,39);1H,(H,2,3). The Kier molecular flexibility index (Phi) is 8.05. The minimum absolute atomic E-state index is 0.237. The van der Waals surface area contributed by atoms with Crippen molar-refractivity contribution in [1.82, 2.24) is 19.9 Å². The van der Waals surface area contributed by atoms with Crippen molar-refractivity contribution in [3.05, 3.63) is 88.0 Å². The van der Waals surface area contributed by atoms with E-state index >= 15 is 0 Å². The van der Waals surface area contributed by atoms with Crippen molar-refractivity contribution < 1.29 is 24.5 Å². The monoisotopic (exact) mass is 584 g/mol. The zero-order valence-electron chi connectivity index (χ0n) is 25.7. The molecule has 0 amide bonds. The zero-order valence-corrected chi connectivity index (χ0v) is 25.7. The number of benzene rings is 3. The quantitative estimate of drug-likeness (QED) is 0.279. The van der Waals surface area contributed by atoms with Gasteiger partial charge in [-0.2, -0.15) is 0 Å². The highest BCUT2D eigenvalue weighted by atomic mass is 16.5. The number of ether oxygens (including phenoxy) is 1. The second kappa shape index (κ2) is 11.4. The van der Waals surface area contributed by atoms with Gasteiger partial charge in [0.2, 0.25) is 0 Å². The second-order valence-electron chi connectivity index (χ2n) is 12.8. The van der Waals surface area contributed by atoms with Crippen LogP contribution < -0.4 is 4.74 Å². The Balaban J connectivity index is 0.00000118. The second-order valence-corrected chi connectivity index (χ2v) is 12.8. The first-order valence-electron chi connectivity index (χ1n) is 14.6. The summed E-state index contributed by atoms with van der Waals surface area (Å²) in [5.41, 5.74) is 7.22. The van der Waals surface area contributed by atoms with Gasteiger partial charge in [0.05, 0.1) is 10.9 Å². The molecule has 2 N–H and O–H groups in total. The molecule has 4 aromatic rings. The molecule has 0 saturated heterocycles. The summed E-state index contributed by atoms with van der Waals surface area (Å²) in [6.45, 7) is 11.4. The number of aromatic nitrogens is 3. The fraction of sp³-hybridized carbons (Fsp3) is 0.412. The lowest BCUT2D eigenvalue weighted by atomic mass is 9.69. The molecule has 0 bridgehead atoms. The molecule has 3 aromatic carbocycles. The lowest BCUT2D eigenvalue weighted by Crippen LogP contribution is -2.41. The summed E-state index contributed by atoms with van der Waals surface area (Å²) in [6.07, 6.45) is 2.05. The number of carboxylic acids is 1. The Labute approximate surface area is 252 Å². The maximum absolute atomic E-state index is 12.7. The van der Waals surface area contributed by atoms with Crippen molar-refractivity contribution >= 4 is 23.5 Å². The third-order valence-electron chi connectivity index (χ3n) is 8.97. The Hall–Kier alpha value is -4.24. The van der Waals surface area contributed by atoms with E-state index in [-0.39, 0.29) is 24.0 Å². The lowest BCUT2D eigenvalue weighted by Gasteiger charge is -2.35. The van der Waals surface area contributed by atoms with Gasteiger partial charge in [0, 0.05) is 37.7 Å². The molecule has 0 fully saturated rings. The van der Waals surface area contributed by atoms with Crippen LogP contribution in [0.15, 0.2) is 54.6 Å². The van der Waals surface area contributed by atoms with Gasteiger partial charge >= 0.3 is 5.97 Å². The number of rotatable bonds is 5. The topological polar surface area (TPSA) is 118 Å². The SMILES string of the molecule is Cc1c(C(c2ccc3c(c2)C(N2Cc4ccccc4OC(C)(C)C2)CC3)C(C)(C)C(=O)O)ccc2c1nnn2C.O=CO. The number of carboxylic acid groups (broad SMARTS) is 2. The Bertz CT molecular complexity index is 1670. The van der Waals surface area contributed by atoms with Crippen LogP contribution in [0.3, 0.4) is 0 Å². The molecule has 1 aromatic heterocycles. The first-order valence-corrected chi connectivity index (χ1v) is 14.6. The Morgan fingerprint density at radius 1 is 1.14 bits per heavy atom. The summed E-state index contributed by atoms with van der Waals surface area (Å²) >= 11 is 0. The minimum atomic E-state index is -1.04. The number of aliphatic carboxylic acids is 1. The summed E-state index contributed by atoms with van der Waals surface area (Å²) in [6, 6.07) is 19.3. The molecule has 226 valence electrons. The van der Waals surface area contributed by atoms with Crippen molar-refractivity contribution in [3.63, 3.8) is 0 Å². The molecule has 9 heteroatoms. The van der Waals surface area contributed by atoms with E-state index in [2.05, 4.69) is 71.5 Å². The van der Waals surface area contributed by atoms with Crippen LogP contribution in [0.1, 0.15) is 79.5 Å². The van der Waals surface area contributed by atoms with Gasteiger partial charge in [-0.05, 0) is 87.4 Å². The number of hydrogen-bond acceptors (Lipinski definition) is 6. The first kappa shape index (κ1) is 30.2. The van der Waals surface area contributed by atoms with Gasteiger partial charge < -0.3 is 14.9 Å². The van der Waals surface area contributed by atoms with E-state index in [4.69, 9.17) is 14.6 Å². The average Bonchev–Trinajstić information content (AvgIpc) is 3.50. The molecule has 2 unspecified atom stereocenters. The third kappa shape index (κ3) is 5.61. The van der Waals surface area contributed by atoms with Crippen LogP contribution in [0, 0.1) is 12.3 Å². The zero-order chi connectivity index (χ0) is 31.1. The molecule has 0 saturated carbocycles. The molecular weight excluding hydrogens is 544 g/mol. The average molecular weight is 585 g/mol. The first-order chi connectivity index (χ1) is 20.4. The van der Waals surface area contributed by atoms with Gasteiger partial charge in [-0.1, -0.05) is 47.7 Å². The van der Waals surface area contributed by atoms with Crippen LogP contribution in [0.4, 0.5) is 0 Å². The molecule has 1 aliphatic heterocycles. The van der Waals surface area contributed by atoms with Crippen molar-refractivity contribution in [1.29, 1.82) is 0 Å². The summed E-state index contributed by atoms with van der Waals surface area (Å²) in [5, 5.41) is 25.9. The summed E-state index contributed by atoms with van der Waals surface area (Å²) < 4.78 is 8.20. The van der Waals surface area contributed by atoms with E-state index < -0.39 is 11.4 Å². The molecule has 2 atom stereocenters. The van der Waals surface area contributed by atoms with Gasteiger partial charge in [-0.15, -0.1) is 5.10 Å². The van der Waals surface area contributed by atoms with Crippen LogP contribution in [0.25, 0.3) is 11.0 Å². The highest BCUT2D eigenvalue weighted by Crippen LogP contribution is 2.47. The van der Waals surface area contributed by atoms with Crippen LogP contribution in [0.5, 0.6) is 5.75 Å². The van der Waals surface area contributed by atoms with Crippen molar-refractivity contribution in [2.75, 3.05) is 6.54 Å². The van der Waals surface area contributed by atoms with Crippen LogP contribution in [0.2, 0.25) is 0 Å². The van der Waals surface area contributed by atoms with Gasteiger partial charge in [-0.25, -0.2) is 4.68 Å². The van der Waals surface area contributed by atoms with Crippen molar-refractivity contribution in [2.24, 2.45) is 12.5 Å². The Morgan fingerprint density at radius 2 is 1.86 bits per heavy atom. The number of carbonyl (C=O) groups is 2. The molecule has 43 heavy (non-hydrogen) atoms. The summed E-state index contributed by atoms with van der Waals surface area (Å²) in [7, 11) is 1.88. The molecule has 1 aliphatic carbocycles. The van der Waals surface area contributed by atoms with Crippen molar-refractivity contribution in [3.8, 4) is 5.75 Å². The predicted molar refractivity (Wildman–Crippen MR) is 164 cm³/mol. The highest BCUT2D eigenvalue weighted by Gasteiger charge is 2.42. The molecule has 0 radical (unpaired) electrons. The van der Waals surface area contributed by atoms with Gasteiger partial charge in [-0.3, -0.25) is 14.5 Å². The Morgan fingerprint density at radius 3 is 2.58 bits per heavy atom. The predicted octanol–water partition coefficient (Wildman–Crippen LogP) is 5.88. The normalized spacial score (nSPS) is 18.4. The largest absolute Gasteiger partial charge is 0.486 e. The number of nitrogens with zero attached hydrogens (tertiary/aromatic N) is 4. The third-order valence-corrected chi connectivity index (χ3v) is 8.97. The number of para-hydroxylation sites is 1. The fourth-order valence-electron chi connectivity index (χ4n) is 6.88.